The maximum absolute atomic E-state index is 12.0. The van der Waals surface area contributed by atoms with Crippen molar-refractivity contribution in [1.82, 2.24) is 0 Å². The van der Waals surface area contributed by atoms with E-state index < -0.39 is 5.91 Å². The zero-order chi connectivity index (χ0) is 14.7. The zero-order valence-electron chi connectivity index (χ0n) is 10.9. The Morgan fingerprint density at radius 1 is 1.25 bits per heavy atom. The lowest BCUT2D eigenvalue weighted by molar-refractivity contribution is 0.0997. The Hall–Kier alpha value is -2.34. The summed E-state index contributed by atoms with van der Waals surface area (Å²) in [5.74, 6) is 0.629. The molecule has 0 saturated carbocycles. The summed E-state index contributed by atoms with van der Waals surface area (Å²) < 4.78 is 15.3. The molecule has 6 nitrogen and oxygen atoms in total. The first-order valence-electron chi connectivity index (χ1n) is 5.63. The van der Waals surface area contributed by atoms with Gasteiger partial charge in [0.1, 0.15) is 11.5 Å². The van der Waals surface area contributed by atoms with E-state index in [0.29, 0.717) is 22.2 Å². The predicted molar refractivity (Wildman–Crippen MR) is 75.6 cm³/mol. The van der Waals surface area contributed by atoms with E-state index in [9.17, 15) is 4.79 Å². The van der Waals surface area contributed by atoms with E-state index in [1.165, 1.54) is 26.4 Å². The summed E-state index contributed by atoms with van der Waals surface area (Å²) in [5, 5.41) is 3.02. The SMILES string of the molecule is COc1cc(NC(=O)c2ccc(N)o2)c(OC)cc1Cl. The summed E-state index contributed by atoms with van der Waals surface area (Å²) in [5.41, 5.74) is 5.83. The number of nitrogens with one attached hydrogen (secondary N) is 1. The van der Waals surface area contributed by atoms with Gasteiger partial charge in [-0.3, -0.25) is 4.79 Å². The fourth-order valence-corrected chi connectivity index (χ4v) is 1.85. The van der Waals surface area contributed by atoms with Crippen LogP contribution in [0.2, 0.25) is 5.02 Å². The number of carbonyl (C=O) groups is 1. The second kappa shape index (κ2) is 5.75. The van der Waals surface area contributed by atoms with Crippen LogP contribution in [0.15, 0.2) is 28.7 Å². The number of carbonyl (C=O) groups excluding carboxylic acids is 1. The smallest absolute Gasteiger partial charge is 0.291 e. The number of hydrogen-bond donors (Lipinski definition) is 2. The molecule has 0 radical (unpaired) electrons. The minimum atomic E-state index is -0.454. The van der Waals surface area contributed by atoms with Crippen LogP contribution in [-0.4, -0.2) is 20.1 Å². The molecule has 0 aliphatic heterocycles. The number of halogens is 1. The average molecular weight is 297 g/mol. The van der Waals surface area contributed by atoms with Gasteiger partial charge >= 0.3 is 0 Å². The maximum atomic E-state index is 12.0. The van der Waals surface area contributed by atoms with Crippen molar-refractivity contribution >= 4 is 29.1 Å². The van der Waals surface area contributed by atoms with Gasteiger partial charge in [0, 0.05) is 18.2 Å². The van der Waals surface area contributed by atoms with Crippen LogP contribution in [0.5, 0.6) is 11.5 Å². The normalized spacial score (nSPS) is 10.2. The molecule has 0 atom stereocenters. The molecule has 106 valence electrons. The third-order valence-corrected chi connectivity index (χ3v) is 2.87. The van der Waals surface area contributed by atoms with Gasteiger partial charge in [0.05, 0.1) is 24.9 Å². The van der Waals surface area contributed by atoms with E-state index >= 15 is 0 Å². The molecule has 2 rings (SSSR count). The quantitative estimate of drug-likeness (QED) is 0.906. The van der Waals surface area contributed by atoms with Crippen LogP contribution in [0.1, 0.15) is 10.6 Å². The number of nitrogen functional groups attached to an aromatic ring is 1. The van der Waals surface area contributed by atoms with E-state index in [1.54, 1.807) is 12.1 Å². The highest BCUT2D eigenvalue weighted by atomic mass is 35.5. The fourth-order valence-electron chi connectivity index (χ4n) is 1.62. The molecule has 1 amide bonds. The van der Waals surface area contributed by atoms with Crippen molar-refractivity contribution in [3.63, 3.8) is 0 Å². The molecule has 0 aliphatic carbocycles. The summed E-state index contributed by atoms with van der Waals surface area (Å²) >= 11 is 5.98. The van der Waals surface area contributed by atoms with Crippen LogP contribution in [-0.2, 0) is 0 Å². The highest BCUT2D eigenvalue weighted by Gasteiger charge is 2.15. The first kappa shape index (κ1) is 14.1. The Balaban J connectivity index is 2.30. The second-order valence-electron chi connectivity index (χ2n) is 3.84. The minimum absolute atomic E-state index is 0.0958. The molecule has 0 unspecified atom stereocenters. The van der Waals surface area contributed by atoms with Gasteiger partial charge in [-0.25, -0.2) is 0 Å². The van der Waals surface area contributed by atoms with Gasteiger partial charge in [0.25, 0.3) is 5.91 Å². The first-order chi connectivity index (χ1) is 9.55. The Bertz CT molecular complexity index is 639. The number of furan rings is 1. The molecule has 0 saturated heterocycles. The van der Waals surface area contributed by atoms with Crippen molar-refractivity contribution < 1.29 is 18.7 Å². The largest absolute Gasteiger partial charge is 0.495 e. The van der Waals surface area contributed by atoms with E-state index in [0.717, 1.165) is 0 Å². The van der Waals surface area contributed by atoms with Crippen molar-refractivity contribution in [2.45, 2.75) is 0 Å². The highest BCUT2D eigenvalue weighted by Crippen LogP contribution is 2.36. The van der Waals surface area contributed by atoms with E-state index in [2.05, 4.69) is 5.32 Å². The highest BCUT2D eigenvalue weighted by molar-refractivity contribution is 6.32. The van der Waals surface area contributed by atoms with Crippen molar-refractivity contribution in [2.75, 3.05) is 25.3 Å². The zero-order valence-corrected chi connectivity index (χ0v) is 11.7. The van der Waals surface area contributed by atoms with Gasteiger partial charge in [-0.1, -0.05) is 11.6 Å². The molecule has 0 spiro atoms. The van der Waals surface area contributed by atoms with Gasteiger partial charge in [0.2, 0.25) is 0 Å². The standard InChI is InChI=1S/C13H13ClN2O4/c1-18-10-6-8(11(19-2)5-7(10)14)16-13(17)9-3-4-12(15)20-9/h3-6H,15H2,1-2H3,(H,16,17). The Morgan fingerprint density at radius 3 is 2.50 bits per heavy atom. The fraction of sp³-hybridized carbons (Fsp3) is 0.154. The van der Waals surface area contributed by atoms with Gasteiger partial charge in [-0.15, -0.1) is 0 Å². The molecule has 0 fully saturated rings. The Kier molecular flexibility index (Phi) is 4.05. The summed E-state index contributed by atoms with van der Waals surface area (Å²) in [7, 11) is 2.95. The van der Waals surface area contributed by atoms with Gasteiger partial charge in [0.15, 0.2) is 11.6 Å². The monoisotopic (exact) mass is 296 g/mol. The van der Waals surface area contributed by atoms with Crippen molar-refractivity contribution in [2.24, 2.45) is 0 Å². The summed E-state index contributed by atoms with van der Waals surface area (Å²) in [6, 6.07) is 6.08. The van der Waals surface area contributed by atoms with Crippen molar-refractivity contribution in [3.8, 4) is 11.5 Å². The molecule has 0 bridgehead atoms. The molecule has 1 heterocycles. The van der Waals surface area contributed by atoms with E-state index in [1.807, 2.05) is 0 Å². The number of methoxy groups -OCH3 is 2. The lowest BCUT2D eigenvalue weighted by atomic mass is 10.2. The lowest BCUT2D eigenvalue weighted by Crippen LogP contribution is -2.12. The molecule has 3 N–H and O–H groups in total. The summed E-state index contributed by atoms with van der Waals surface area (Å²) in [6.07, 6.45) is 0. The number of anilines is 2. The predicted octanol–water partition coefficient (Wildman–Crippen LogP) is 2.78. The van der Waals surface area contributed by atoms with Crippen molar-refractivity contribution in [3.05, 3.63) is 35.0 Å². The van der Waals surface area contributed by atoms with E-state index in [4.69, 9.17) is 31.2 Å². The third kappa shape index (κ3) is 2.80. The summed E-state index contributed by atoms with van der Waals surface area (Å²) in [6.45, 7) is 0. The van der Waals surface area contributed by atoms with Gasteiger partial charge < -0.3 is 24.9 Å². The molecule has 2 aromatic rings. The number of benzene rings is 1. The Labute approximate surface area is 120 Å². The van der Waals surface area contributed by atoms with Crippen LogP contribution in [0.4, 0.5) is 11.6 Å². The van der Waals surface area contributed by atoms with Crippen molar-refractivity contribution in [1.29, 1.82) is 0 Å². The van der Waals surface area contributed by atoms with Crippen LogP contribution < -0.4 is 20.5 Å². The molecule has 0 aliphatic rings. The molecule has 7 heteroatoms. The second-order valence-corrected chi connectivity index (χ2v) is 4.25. The van der Waals surface area contributed by atoms with E-state index in [-0.39, 0.29) is 11.6 Å². The topological polar surface area (TPSA) is 86.7 Å². The maximum Gasteiger partial charge on any atom is 0.291 e. The average Bonchev–Trinajstić information content (AvgIpc) is 2.87. The third-order valence-electron chi connectivity index (χ3n) is 2.57. The Morgan fingerprint density at radius 2 is 1.95 bits per heavy atom. The number of nitrogens with two attached hydrogens (primary N) is 1. The van der Waals surface area contributed by atoms with Crippen LogP contribution in [0, 0.1) is 0 Å². The van der Waals surface area contributed by atoms with Crippen LogP contribution in [0.25, 0.3) is 0 Å². The molecular weight excluding hydrogens is 284 g/mol. The molecule has 20 heavy (non-hydrogen) atoms. The molecule has 1 aromatic carbocycles. The lowest BCUT2D eigenvalue weighted by Gasteiger charge is -2.12. The van der Waals surface area contributed by atoms with Crippen LogP contribution >= 0.6 is 11.6 Å². The number of rotatable bonds is 4. The van der Waals surface area contributed by atoms with Crippen LogP contribution in [0.3, 0.4) is 0 Å². The number of ether oxygens (including phenoxy) is 2. The number of amides is 1. The molecule has 1 aromatic heterocycles. The number of hydrogen-bond acceptors (Lipinski definition) is 5. The van der Waals surface area contributed by atoms with Gasteiger partial charge in [-0.2, -0.15) is 0 Å². The summed E-state index contributed by atoms with van der Waals surface area (Å²) in [4.78, 5) is 12.0. The minimum Gasteiger partial charge on any atom is -0.495 e. The first-order valence-corrected chi connectivity index (χ1v) is 6.01. The van der Waals surface area contributed by atoms with Gasteiger partial charge in [-0.05, 0) is 6.07 Å². The molecular formula is C13H13ClN2O4.